The summed E-state index contributed by atoms with van der Waals surface area (Å²) >= 11 is 0. The van der Waals surface area contributed by atoms with Gasteiger partial charge in [0, 0.05) is 42.6 Å². The number of fused-ring (bicyclic) bond motifs is 5. The van der Waals surface area contributed by atoms with Crippen molar-refractivity contribution in [1.82, 2.24) is 5.16 Å². The SMILES string of the molecule is CN1CCc2c1ccc1c2-c2oncc2CN1. The summed E-state index contributed by atoms with van der Waals surface area (Å²) in [5.74, 6) is 0.950. The zero-order valence-electron chi connectivity index (χ0n) is 9.66. The largest absolute Gasteiger partial charge is 0.380 e. The van der Waals surface area contributed by atoms with Crippen molar-refractivity contribution in [2.45, 2.75) is 13.0 Å². The van der Waals surface area contributed by atoms with Crippen LogP contribution in [0.3, 0.4) is 0 Å². The predicted molar refractivity (Wildman–Crippen MR) is 66.2 cm³/mol. The van der Waals surface area contributed by atoms with Crippen LogP contribution in [0.25, 0.3) is 11.3 Å². The molecule has 17 heavy (non-hydrogen) atoms. The molecule has 0 bridgehead atoms. The fourth-order valence-electron chi connectivity index (χ4n) is 2.84. The maximum Gasteiger partial charge on any atom is 0.174 e. The van der Waals surface area contributed by atoms with Crippen LogP contribution in [0.15, 0.2) is 22.9 Å². The zero-order valence-corrected chi connectivity index (χ0v) is 9.66. The van der Waals surface area contributed by atoms with E-state index in [9.17, 15) is 0 Å². The fraction of sp³-hybridized carbons (Fsp3) is 0.308. The Labute approximate surface area is 99.2 Å². The van der Waals surface area contributed by atoms with Gasteiger partial charge < -0.3 is 14.7 Å². The fourth-order valence-corrected chi connectivity index (χ4v) is 2.84. The van der Waals surface area contributed by atoms with Gasteiger partial charge in [-0.3, -0.25) is 0 Å². The summed E-state index contributed by atoms with van der Waals surface area (Å²) in [6, 6.07) is 4.33. The number of hydrogen-bond acceptors (Lipinski definition) is 4. The van der Waals surface area contributed by atoms with Gasteiger partial charge in [0.15, 0.2) is 5.76 Å². The molecule has 1 N–H and O–H groups in total. The highest BCUT2D eigenvalue weighted by molar-refractivity contribution is 5.87. The molecule has 1 aromatic carbocycles. The smallest absolute Gasteiger partial charge is 0.174 e. The highest BCUT2D eigenvalue weighted by atomic mass is 16.5. The molecule has 2 aromatic rings. The molecule has 4 nitrogen and oxygen atoms in total. The van der Waals surface area contributed by atoms with Crippen molar-refractivity contribution in [3.8, 4) is 11.3 Å². The van der Waals surface area contributed by atoms with E-state index >= 15 is 0 Å². The number of benzene rings is 1. The molecule has 86 valence electrons. The van der Waals surface area contributed by atoms with Crippen molar-refractivity contribution < 1.29 is 4.52 Å². The molecule has 0 saturated carbocycles. The normalized spacial score (nSPS) is 16.2. The van der Waals surface area contributed by atoms with Crippen LogP contribution in [0, 0.1) is 0 Å². The minimum atomic E-state index is 0.806. The monoisotopic (exact) mass is 227 g/mol. The van der Waals surface area contributed by atoms with E-state index in [1.54, 1.807) is 0 Å². The standard InChI is InChI=1S/C13H13N3O/c1-16-5-4-9-11(16)3-2-10-12(9)13-8(6-14-10)7-15-17-13/h2-3,7,14H,4-6H2,1H3. The lowest BCUT2D eigenvalue weighted by molar-refractivity contribution is 0.431. The van der Waals surface area contributed by atoms with Gasteiger partial charge in [-0.1, -0.05) is 5.16 Å². The van der Waals surface area contributed by atoms with Crippen molar-refractivity contribution in [2.24, 2.45) is 0 Å². The molecule has 3 heterocycles. The second-order valence-electron chi connectivity index (χ2n) is 4.69. The lowest BCUT2D eigenvalue weighted by Gasteiger charge is -2.20. The van der Waals surface area contributed by atoms with Crippen LogP contribution in [-0.2, 0) is 13.0 Å². The molecule has 4 rings (SSSR count). The molecule has 4 heteroatoms. The summed E-state index contributed by atoms with van der Waals surface area (Å²) in [6.45, 7) is 1.88. The molecule has 0 spiro atoms. The molecule has 0 amide bonds. The molecule has 2 aliphatic rings. The van der Waals surface area contributed by atoms with Gasteiger partial charge in [0.1, 0.15) is 0 Å². The number of aromatic nitrogens is 1. The molecule has 2 aliphatic heterocycles. The van der Waals surface area contributed by atoms with Crippen LogP contribution < -0.4 is 10.2 Å². The van der Waals surface area contributed by atoms with Crippen LogP contribution in [0.4, 0.5) is 11.4 Å². The van der Waals surface area contributed by atoms with Gasteiger partial charge in [0.2, 0.25) is 0 Å². The van der Waals surface area contributed by atoms with Crippen LogP contribution >= 0.6 is 0 Å². The molecule has 1 aromatic heterocycles. The maximum absolute atomic E-state index is 5.43. The Morgan fingerprint density at radius 1 is 1.41 bits per heavy atom. The van der Waals surface area contributed by atoms with Crippen molar-refractivity contribution in [3.05, 3.63) is 29.5 Å². The molecule has 0 unspecified atom stereocenters. The number of likely N-dealkylation sites (N-methyl/N-ethyl adjacent to an activating group) is 1. The molecule has 0 fully saturated rings. The summed E-state index contributed by atoms with van der Waals surface area (Å²) in [4.78, 5) is 2.29. The second-order valence-corrected chi connectivity index (χ2v) is 4.69. The second kappa shape index (κ2) is 3.03. The topological polar surface area (TPSA) is 41.3 Å². The maximum atomic E-state index is 5.43. The zero-order chi connectivity index (χ0) is 11.4. The first-order chi connectivity index (χ1) is 8.34. The molecule has 0 atom stereocenters. The average Bonchev–Trinajstić information content (AvgIpc) is 2.95. The number of anilines is 2. The van der Waals surface area contributed by atoms with E-state index in [-0.39, 0.29) is 0 Å². The van der Waals surface area contributed by atoms with Crippen LogP contribution in [0.1, 0.15) is 11.1 Å². The third kappa shape index (κ3) is 1.10. The van der Waals surface area contributed by atoms with E-state index in [2.05, 4.69) is 34.6 Å². The van der Waals surface area contributed by atoms with Gasteiger partial charge in [0.05, 0.1) is 6.20 Å². The Kier molecular flexibility index (Phi) is 1.62. The highest BCUT2D eigenvalue weighted by Crippen LogP contribution is 2.43. The van der Waals surface area contributed by atoms with Gasteiger partial charge in [-0.2, -0.15) is 0 Å². The first-order valence-electron chi connectivity index (χ1n) is 5.89. The van der Waals surface area contributed by atoms with E-state index in [0.717, 1.165) is 30.8 Å². The molecular weight excluding hydrogens is 214 g/mol. The lowest BCUT2D eigenvalue weighted by atomic mass is 9.95. The first-order valence-corrected chi connectivity index (χ1v) is 5.89. The minimum Gasteiger partial charge on any atom is -0.380 e. The molecular formula is C13H13N3O. The van der Waals surface area contributed by atoms with E-state index < -0.39 is 0 Å². The summed E-state index contributed by atoms with van der Waals surface area (Å²) in [7, 11) is 2.13. The van der Waals surface area contributed by atoms with Gasteiger partial charge >= 0.3 is 0 Å². The summed E-state index contributed by atoms with van der Waals surface area (Å²) < 4.78 is 5.43. The first kappa shape index (κ1) is 9.10. The Hall–Kier alpha value is -1.97. The van der Waals surface area contributed by atoms with E-state index in [4.69, 9.17) is 4.52 Å². The summed E-state index contributed by atoms with van der Waals surface area (Å²) in [5, 5.41) is 7.35. The van der Waals surface area contributed by atoms with Crippen molar-refractivity contribution in [3.63, 3.8) is 0 Å². The van der Waals surface area contributed by atoms with Crippen molar-refractivity contribution >= 4 is 11.4 Å². The van der Waals surface area contributed by atoms with Crippen LogP contribution in [0.5, 0.6) is 0 Å². The Balaban J connectivity index is 2.03. The highest BCUT2D eigenvalue weighted by Gasteiger charge is 2.28. The van der Waals surface area contributed by atoms with Gasteiger partial charge in [-0.15, -0.1) is 0 Å². The number of nitrogens with zero attached hydrogens (tertiary/aromatic N) is 2. The summed E-state index contributed by atoms with van der Waals surface area (Å²) in [5.41, 5.74) is 6.24. The van der Waals surface area contributed by atoms with Crippen molar-refractivity contribution in [1.29, 1.82) is 0 Å². The van der Waals surface area contributed by atoms with E-state index in [0.29, 0.717) is 0 Å². The molecule has 0 aliphatic carbocycles. The van der Waals surface area contributed by atoms with Crippen LogP contribution in [0.2, 0.25) is 0 Å². The minimum absolute atomic E-state index is 0.806. The average molecular weight is 227 g/mol. The predicted octanol–water partition coefficient (Wildman–Crippen LogP) is 2.26. The molecule has 0 saturated heterocycles. The van der Waals surface area contributed by atoms with Crippen LogP contribution in [-0.4, -0.2) is 18.7 Å². The third-order valence-electron chi connectivity index (χ3n) is 3.74. The lowest BCUT2D eigenvalue weighted by Crippen LogP contribution is -2.12. The number of rotatable bonds is 0. The van der Waals surface area contributed by atoms with E-state index in [1.807, 2.05) is 6.20 Å². The Morgan fingerprint density at radius 3 is 3.29 bits per heavy atom. The third-order valence-corrected chi connectivity index (χ3v) is 3.74. The van der Waals surface area contributed by atoms with Gasteiger partial charge in [0.25, 0.3) is 0 Å². The Morgan fingerprint density at radius 2 is 2.35 bits per heavy atom. The quantitative estimate of drug-likeness (QED) is 0.749. The van der Waals surface area contributed by atoms with Gasteiger partial charge in [-0.05, 0) is 24.1 Å². The number of nitrogens with one attached hydrogen (secondary N) is 1. The molecule has 0 radical (unpaired) electrons. The number of hydrogen-bond donors (Lipinski definition) is 1. The van der Waals surface area contributed by atoms with Crippen molar-refractivity contribution in [2.75, 3.05) is 23.8 Å². The Bertz CT molecular complexity index is 603. The van der Waals surface area contributed by atoms with E-state index in [1.165, 1.54) is 22.5 Å². The summed E-state index contributed by atoms with van der Waals surface area (Å²) in [6.07, 6.45) is 2.89. The van der Waals surface area contributed by atoms with Gasteiger partial charge in [-0.25, -0.2) is 0 Å².